The van der Waals surface area contributed by atoms with Gasteiger partial charge in [0, 0.05) is 17.1 Å². The summed E-state index contributed by atoms with van der Waals surface area (Å²) in [6, 6.07) is 6.56. The number of nitrogens with one attached hydrogen (secondary N) is 1. The van der Waals surface area contributed by atoms with Crippen LogP contribution in [-0.2, 0) is 10.0 Å². The number of thiazole rings is 1. The summed E-state index contributed by atoms with van der Waals surface area (Å²) < 4.78 is 28.9. The molecule has 0 atom stereocenters. The molecule has 1 aromatic carbocycles. The van der Waals surface area contributed by atoms with Crippen LogP contribution in [0.2, 0.25) is 5.15 Å². The van der Waals surface area contributed by atoms with E-state index >= 15 is 0 Å². The quantitative estimate of drug-likeness (QED) is 0.747. The number of imidazole rings is 1. The molecule has 2 heterocycles. The van der Waals surface area contributed by atoms with Gasteiger partial charge >= 0.3 is 0 Å². The van der Waals surface area contributed by atoms with Crippen molar-refractivity contribution in [3.05, 3.63) is 46.6 Å². The lowest BCUT2D eigenvalue weighted by Crippen LogP contribution is -2.15. The molecule has 0 fully saturated rings. The minimum Gasteiger partial charge on any atom is -0.278 e. The fourth-order valence-corrected chi connectivity index (χ4v) is 4.36. The number of fused-ring (bicyclic) bond motifs is 1. The molecule has 8 heteroatoms. The molecule has 0 saturated heterocycles. The number of hydrogen-bond donors (Lipinski definition) is 1. The van der Waals surface area contributed by atoms with Crippen molar-refractivity contribution in [1.82, 2.24) is 9.38 Å². The van der Waals surface area contributed by atoms with E-state index in [4.69, 9.17) is 18.0 Å². The predicted octanol–water partition coefficient (Wildman–Crippen LogP) is 2.83. The van der Waals surface area contributed by atoms with Crippen LogP contribution in [0.15, 0.2) is 40.9 Å². The Morgan fingerprint density at radius 2 is 2.24 bits per heavy atom. The average Bonchev–Trinajstić information content (AvgIpc) is 2.97. The van der Waals surface area contributed by atoms with Crippen LogP contribution >= 0.6 is 22.9 Å². The molecule has 2 aromatic heterocycles. The molecule has 0 spiro atoms. The third-order valence-corrected chi connectivity index (χ3v) is 5.25. The van der Waals surface area contributed by atoms with E-state index in [1.807, 2.05) is 0 Å². The molecule has 0 aliphatic heterocycles. The SMILES string of the molecule is C#Cc1cccc(NS(=O)(=O)c2c(Cl)nc3sccn23)c1. The largest absolute Gasteiger partial charge is 0.281 e. The first-order valence-corrected chi connectivity index (χ1v) is 8.46. The lowest BCUT2D eigenvalue weighted by atomic mass is 10.2. The lowest BCUT2D eigenvalue weighted by molar-refractivity contribution is 0.597. The molecule has 0 aliphatic carbocycles. The molecule has 0 aliphatic rings. The van der Waals surface area contributed by atoms with Gasteiger partial charge in [0.2, 0.25) is 0 Å². The molecule has 1 N–H and O–H groups in total. The van der Waals surface area contributed by atoms with Crippen LogP contribution in [0.25, 0.3) is 4.96 Å². The molecule has 3 rings (SSSR count). The van der Waals surface area contributed by atoms with Crippen molar-refractivity contribution in [2.75, 3.05) is 4.72 Å². The van der Waals surface area contributed by atoms with Gasteiger partial charge in [-0.2, -0.15) is 8.42 Å². The van der Waals surface area contributed by atoms with E-state index in [1.165, 1.54) is 15.7 Å². The minimum atomic E-state index is -3.87. The molecule has 0 saturated carbocycles. The van der Waals surface area contributed by atoms with E-state index in [0.29, 0.717) is 16.2 Å². The molecule has 0 bridgehead atoms. The highest BCUT2D eigenvalue weighted by molar-refractivity contribution is 7.92. The van der Waals surface area contributed by atoms with Crippen molar-refractivity contribution in [3.8, 4) is 12.3 Å². The van der Waals surface area contributed by atoms with Crippen LogP contribution in [-0.4, -0.2) is 17.8 Å². The normalized spacial score (nSPS) is 11.4. The molecule has 5 nitrogen and oxygen atoms in total. The van der Waals surface area contributed by atoms with E-state index in [9.17, 15) is 8.42 Å². The number of halogens is 1. The standard InChI is InChI=1S/C13H8ClN3O2S2/c1-2-9-4-3-5-10(8-9)16-21(18,19)12-11(14)15-13-17(12)6-7-20-13/h1,3-8,16H. The van der Waals surface area contributed by atoms with E-state index < -0.39 is 10.0 Å². The van der Waals surface area contributed by atoms with Gasteiger partial charge in [-0.3, -0.25) is 9.12 Å². The van der Waals surface area contributed by atoms with Crippen LogP contribution in [0, 0.1) is 12.3 Å². The summed E-state index contributed by atoms with van der Waals surface area (Å²) >= 11 is 7.24. The Bertz CT molecular complexity index is 967. The van der Waals surface area contributed by atoms with Crippen molar-refractivity contribution < 1.29 is 8.42 Å². The van der Waals surface area contributed by atoms with Gasteiger partial charge in [0.25, 0.3) is 10.0 Å². The monoisotopic (exact) mass is 337 g/mol. The highest BCUT2D eigenvalue weighted by Crippen LogP contribution is 2.27. The summed E-state index contributed by atoms with van der Waals surface area (Å²) in [5, 5.41) is 1.57. The summed E-state index contributed by atoms with van der Waals surface area (Å²) in [5.41, 5.74) is 0.946. The van der Waals surface area contributed by atoms with Crippen LogP contribution in [0.5, 0.6) is 0 Å². The van der Waals surface area contributed by atoms with Crippen molar-refractivity contribution in [3.63, 3.8) is 0 Å². The van der Waals surface area contributed by atoms with Gasteiger partial charge in [0.1, 0.15) is 0 Å². The van der Waals surface area contributed by atoms with Gasteiger partial charge in [-0.05, 0) is 18.2 Å². The Morgan fingerprint density at radius 3 is 3.00 bits per heavy atom. The average molecular weight is 338 g/mol. The summed E-state index contributed by atoms with van der Waals surface area (Å²) in [6.45, 7) is 0. The molecule has 106 valence electrons. The minimum absolute atomic E-state index is 0.0672. The van der Waals surface area contributed by atoms with Gasteiger partial charge < -0.3 is 0 Å². The number of terminal acetylenes is 1. The fraction of sp³-hybridized carbons (Fsp3) is 0. The number of sulfonamides is 1. The first kappa shape index (κ1) is 13.9. The smallest absolute Gasteiger partial charge is 0.278 e. The Hall–Kier alpha value is -2.01. The number of anilines is 1. The number of hydrogen-bond acceptors (Lipinski definition) is 4. The maximum Gasteiger partial charge on any atom is 0.281 e. The highest BCUT2D eigenvalue weighted by atomic mass is 35.5. The molecule has 21 heavy (non-hydrogen) atoms. The van der Waals surface area contributed by atoms with E-state index in [2.05, 4.69) is 15.6 Å². The number of nitrogens with zero attached hydrogens (tertiary/aromatic N) is 2. The zero-order chi connectivity index (χ0) is 15.0. The summed E-state index contributed by atoms with van der Waals surface area (Å²) in [4.78, 5) is 4.52. The van der Waals surface area contributed by atoms with Crippen LogP contribution in [0.3, 0.4) is 0 Å². The molecular formula is C13H8ClN3O2S2. The zero-order valence-electron chi connectivity index (χ0n) is 10.4. The molecule has 0 unspecified atom stereocenters. The van der Waals surface area contributed by atoms with Crippen LogP contribution in [0.4, 0.5) is 5.69 Å². The second kappa shape index (κ2) is 5.07. The predicted molar refractivity (Wildman–Crippen MR) is 83.3 cm³/mol. The van der Waals surface area contributed by atoms with Crippen molar-refractivity contribution in [1.29, 1.82) is 0 Å². The van der Waals surface area contributed by atoms with Gasteiger partial charge in [0.05, 0.1) is 5.69 Å². The second-order valence-corrected chi connectivity index (χ2v) is 6.92. The van der Waals surface area contributed by atoms with Gasteiger partial charge in [0.15, 0.2) is 15.1 Å². The number of rotatable bonds is 3. The first-order valence-electron chi connectivity index (χ1n) is 5.72. The first-order chi connectivity index (χ1) is 10.0. The van der Waals surface area contributed by atoms with Crippen molar-refractivity contribution in [2.24, 2.45) is 0 Å². The Labute approximate surface area is 130 Å². The highest BCUT2D eigenvalue weighted by Gasteiger charge is 2.25. The lowest BCUT2D eigenvalue weighted by Gasteiger charge is -2.07. The van der Waals surface area contributed by atoms with Gasteiger partial charge in [-0.25, -0.2) is 4.98 Å². The summed E-state index contributed by atoms with van der Waals surface area (Å²) in [5.74, 6) is 2.45. The molecule has 3 aromatic rings. The Morgan fingerprint density at radius 1 is 1.43 bits per heavy atom. The fourth-order valence-electron chi connectivity index (χ4n) is 1.85. The van der Waals surface area contributed by atoms with E-state index in [1.54, 1.807) is 35.8 Å². The van der Waals surface area contributed by atoms with Crippen molar-refractivity contribution >= 4 is 43.6 Å². The van der Waals surface area contributed by atoms with Gasteiger partial charge in [-0.1, -0.05) is 23.6 Å². The second-order valence-electron chi connectivity index (χ2n) is 4.09. The maximum atomic E-state index is 12.5. The van der Waals surface area contributed by atoms with Crippen LogP contribution in [0.1, 0.15) is 5.56 Å². The summed E-state index contributed by atoms with van der Waals surface area (Å²) in [7, 11) is -3.87. The van der Waals surface area contributed by atoms with E-state index in [0.717, 1.165) is 0 Å². The van der Waals surface area contributed by atoms with Crippen molar-refractivity contribution in [2.45, 2.75) is 5.03 Å². The summed E-state index contributed by atoms with van der Waals surface area (Å²) in [6.07, 6.45) is 6.90. The molecule has 0 amide bonds. The molecule has 0 radical (unpaired) electrons. The topological polar surface area (TPSA) is 63.5 Å². The van der Waals surface area contributed by atoms with Gasteiger partial charge in [-0.15, -0.1) is 17.8 Å². The van der Waals surface area contributed by atoms with E-state index in [-0.39, 0.29) is 10.2 Å². The third kappa shape index (κ3) is 2.49. The Balaban J connectivity index is 2.06. The zero-order valence-corrected chi connectivity index (χ0v) is 12.8. The number of aromatic nitrogens is 2. The Kier molecular flexibility index (Phi) is 3.37. The molecular weight excluding hydrogens is 330 g/mol. The maximum absolute atomic E-state index is 12.5. The number of benzene rings is 1. The third-order valence-electron chi connectivity index (χ3n) is 2.71. The van der Waals surface area contributed by atoms with Crippen LogP contribution < -0.4 is 4.72 Å².